The summed E-state index contributed by atoms with van der Waals surface area (Å²) in [5.74, 6) is -2.15. The Morgan fingerprint density at radius 2 is 1.48 bits per heavy atom. The first-order valence-corrected chi connectivity index (χ1v) is 7.04. The second kappa shape index (κ2) is 5.82. The molecule has 2 aromatic carbocycles. The number of hydrogen-bond acceptors (Lipinski definition) is 8. The maximum Gasteiger partial charge on any atom is 0.201 e. The number of fused-ring (bicyclic) bond motifs is 1. The van der Waals surface area contributed by atoms with Gasteiger partial charge < -0.3 is 34.3 Å². The van der Waals surface area contributed by atoms with Crippen molar-refractivity contribution in [1.82, 2.24) is 0 Å². The van der Waals surface area contributed by atoms with E-state index < -0.39 is 28.4 Å². The van der Waals surface area contributed by atoms with Crippen molar-refractivity contribution in [3.63, 3.8) is 0 Å². The van der Waals surface area contributed by atoms with Crippen LogP contribution in [-0.2, 0) is 0 Å². The van der Waals surface area contributed by atoms with E-state index in [1.165, 1.54) is 32.4 Å². The zero-order valence-electron chi connectivity index (χ0n) is 13.2. The number of ether oxygens (including phenoxy) is 2. The van der Waals surface area contributed by atoms with Gasteiger partial charge >= 0.3 is 0 Å². The molecular formula is C17H14O8. The third-order valence-electron chi connectivity index (χ3n) is 3.71. The summed E-state index contributed by atoms with van der Waals surface area (Å²) < 4.78 is 15.5. The molecule has 0 spiro atoms. The summed E-state index contributed by atoms with van der Waals surface area (Å²) in [5.41, 5.74) is -0.378. The van der Waals surface area contributed by atoms with Gasteiger partial charge in [-0.15, -0.1) is 0 Å². The Labute approximate surface area is 140 Å². The summed E-state index contributed by atoms with van der Waals surface area (Å²) in [6, 6.07) is 4.90. The molecule has 0 saturated carbocycles. The SMILES string of the molecule is COc1cc(-c2cc(=O)c3c(O)c(O)c(OC)cc3o2)cc(O)c1O. The van der Waals surface area contributed by atoms with E-state index in [0.717, 1.165) is 6.07 Å². The summed E-state index contributed by atoms with van der Waals surface area (Å²) >= 11 is 0. The molecule has 8 heteroatoms. The molecule has 0 atom stereocenters. The second-order valence-corrected chi connectivity index (χ2v) is 5.17. The van der Waals surface area contributed by atoms with E-state index >= 15 is 0 Å². The first-order valence-electron chi connectivity index (χ1n) is 7.04. The highest BCUT2D eigenvalue weighted by atomic mass is 16.5. The number of hydrogen-bond donors (Lipinski definition) is 4. The standard InChI is InChI=1S/C17H14O8/c1-23-12-4-7(3-9(19)15(12)20)10-5-8(18)14-11(25-10)6-13(24-2)16(21)17(14)22/h3-6,19-22H,1-2H3. The van der Waals surface area contributed by atoms with Gasteiger partial charge in [0.1, 0.15) is 16.7 Å². The van der Waals surface area contributed by atoms with Crippen LogP contribution in [0.3, 0.4) is 0 Å². The van der Waals surface area contributed by atoms with E-state index in [0.29, 0.717) is 0 Å². The maximum atomic E-state index is 12.3. The molecule has 0 aliphatic rings. The lowest BCUT2D eigenvalue weighted by molar-refractivity contribution is 0.351. The second-order valence-electron chi connectivity index (χ2n) is 5.17. The topological polar surface area (TPSA) is 130 Å². The van der Waals surface area contributed by atoms with Gasteiger partial charge in [0.2, 0.25) is 11.5 Å². The molecule has 0 aliphatic carbocycles. The summed E-state index contributed by atoms with van der Waals surface area (Å²) in [5, 5.41) is 39.1. The third kappa shape index (κ3) is 2.53. The van der Waals surface area contributed by atoms with Crippen molar-refractivity contribution in [2.75, 3.05) is 14.2 Å². The fourth-order valence-electron chi connectivity index (χ4n) is 2.46. The van der Waals surface area contributed by atoms with E-state index in [2.05, 4.69) is 0 Å². The van der Waals surface area contributed by atoms with Crippen LogP contribution in [-0.4, -0.2) is 34.6 Å². The van der Waals surface area contributed by atoms with Gasteiger partial charge in [0.25, 0.3) is 0 Å². The molecule has 130 valence electrons. The third-order valence-corrected chi connectivity index (χ3v) is 3.71. The fraction of sp³-hybridized carbons (Fsp3) is 0.118. The maximum absolute atomic E-state index is 12.3. The summed E-state index contributed by atoms with van der Waals surface area (Å²) in [6.07, 6.45) is 0. The van der Waals surface area contributed by atoms with Crippen LogP contribution in [0.25, 0.3) is 22.3 Å². The Morgan fingerprint density at radius 3 is 2.12 bits per heavy atom. The van der Waals surface area contributed by atoms with Gasteiger partial charge in [-0.2, -0.15) is 0 Å². The van der Waals surface area contributed by atoms with E-state index in [1.54, 1.807) is 0 Å². The monoisotopic (exact) mass is 346 g/mol. The molecule has 25 heavy (non-hydrogen) atoms. The van der Waals surface area contributed by atoms with E-state index in [-0.39, 0.29) is 33.8 Å². The molecule has 3 rings (SSSR count). The molecule has 3 aromatic rings. The van der Waals surface area contributed by atoms with Crippen molar-refractivity contribution in [3.8, 4) is 45.8 Å². The van der Waals surface area contributed by atoms with Crippen LogP contribution >= 0.6 is 0 Å². The predicted octanol–water partition coefficient (Wildman–Crippen LogP) is 2.30. The number of aromatic hydroxyl groups is 4. The smallest absolute Gasteiger partial charge is 0.201 e. The number of rotatable bonds is 3. The van der Waals surface area contributed by atoms with Gasteiger partial charge in [-0.3, -0.25) is 4.79 Å². The summed E-state index contributed by atoms with van der Waals surface area (Å²) in [7, 11) is 2.59. The van der Waals surface area contributed by atoms with Gasteiger partial charge in [0.05, 0.1) is 14.2 Å². The molecule has 0 radical (unpaired) electrons. The molecular weight excluding hydrogens is 332 g/mol. The fourth-order valence-corrected chi connectivity index (χ4v) is 2.46. The first kappa shape index (κ1) is 16.3. The van der Waals surface area contributed by atoms with E-state index in [4.69, 9.17) is 13.9 Å². The van der Waals surface area contributed by atoms with Gasteiger partial charge in [-0.05, 0) is 12.1 Å². The Hall–Kier alpha value is -3.55. The van der Waals surface area contributed by atoms with Crippen LogP contribution in [0.5, 0.6) is 34.5 Å². The minimum absolute atomic E-state index is 0.0103. The van der Waals surface area contributed by atoms with Crippen molar-refractivity contribution in [1.29, 1.82) is 0 Å². The molecule has 0 amide bonds. The molecule has 8 nitrogen and oxygen atoms in total. The largest absolute Gasteiger partial charge is 0.504 e. The van der Waals surface area contributed by atoms with Crippen LogP contribution in [0.2, 0.25) is 0 Å². The van der Waals surface area contributed by atoms with Gasteiger partial charge in [0, 0.05) is 17.7 Å². The van der Waals surface area contributed by atoms with Crippen LogP contribution in [0.1, 0.15) is 0 Å². The molecule has 0 unspecified atom stereocenters. The number of phenolic OH excluding ortho intramolecular Hbond substituents is 4. The number of benzene rings is 2. The Kier molecular flexibility index (Phi) is 3.80. The highest BCUT2D eigenvalue weighted by Crippen LogP contribution is 2.43. The van der Waals surface area contributed by atoms with Gasteiger partial charge in [-0.25, -0.2) is 0 Å². The molecule has 1 heterocycles. The Bertz CT molecular complexity index is 1040. The van der Waals surface area contributed by atoms with Crippen molar-refractivity contribution in [2.45, 2.75) is 0 Å². The van der Waals surface area contributed by atoms with Crippen molar-refractivity contribution in [3.05, 3.63) is 34.5 Å². The van der Waals surface area contributed by atoms with Crippen LogP contribution in [0.4, 0.5) is 0 Å². The zero-order valence-corrected chi connectivity index (χ0v) is 13.2. The molecule has 0 saturated heterocycles. The lowest BCUT2D eigenvalue weighted by Crippen LogP contribution is -2.01. The van der Waals surface area contributed by atoms with Crippen molar-refractivity contribution < 1.29 is 34.3 Å². The minimum Gasteiger partial charge on any atom is -0.504 e. The Morgan fingerprint density at radius 1 is 0.840 bits per heavy atom. The van der Waals surface area contributed by atoms with E-state index in [1.807, 2.05) is 0 Å². The normalized spacial score (nSPS) is 10.8. The van der Waals surface area contributed by atoms with Crippen molar-refractivity contribution >= 4 is 11.0 Å². The lowest BCUT2D eigenvalue weighted by atomic mass is 10.1. The molecule has 4 N–H and O–H groups in total. The van der Waals surface area contributed by atoms with Gasteiger partial charge in [-0.1, -0.05) is 0 Å². The van der Waals surface area contributed by atoms with Crippen LogP contribution < -0.4 is 14.9 Å². The first-order chi connectivity index (χ1) is 11.9. The minimum atomic E-state index is -0.652. The highest BCUT2D eigenvalue weighted by molar-refractivity contribution is 5.89. The van der Waals surface area contributed by atoms with Crippen LogP contribution in [0.15, 0.2) is 33.5 Å². The summed E-state index contributed by atoms with van der Waals surface area (Å²) in [4.78, 5) is 12.3. The van der Waals surface area contributed by atoms with Crippen molar-refractivity contribution in [2.24, 2.45) is 0 Å². The average molecular weight is 346 g/mol. The average Bonchev–Trinajstić information content (AvgIpc) is 2.59. The number of methoxy groups -OCH3 is 2. The quantitative estimate of drug-likeness (QED) is 0.532. The molecule has 0 aliphatic heterocycles. The molecule has 1 aromatic heterocycles. The lowest BCUT2D eigenvalue weighted by Gasteiger charge is -2.11. The predicted molar refractivity (Wildman–Crippen MR) is 87.7 cm³/mol. The van der Waals surface area contributed by atoms with Crippen LogP contribution in [0, 0.1) is 0 Å². The summed E-state index contributed by atoms with van der Waals surface area (Å²) in [6.45, 7) is 0. The molecule has 0 bridgehead atoms. The molecule has 0 fully saturated rings. The van der Waals surface area contributed by atoms with Gasteiger partial charge in [0.15, 0.2) is 28.4 Å². The Balaban J connectivity index is 2.31. The van der Waals surface area contributed by atoms with E-state index in [9.17, 15) is 25.2 Å². The number of phenols is 4. The highest BCUT2D eigenvalue weighted by Gasteiger charge is 2.19. The zero-order chi connectivity index (χ0) is 18.3.